The molecule has 0 heterocycles. The minimum atomic E-state index is -0.894. The summed E-state index contributed by atoms with van der Waals surface area (Å²) in [7, 11) is 0. The summed E-state index contributed by atoms with van der Waals surface area (Å²) in [6.45, 7) is 1.73. The Kier molecular flexibility index (Phi) is 4.66. The molecule has 0 aromatic carbocycles. The van der Waals surface area contributed by atoms with Crippen LogP contribution in [0.25, 0.3) is 0 Å². The Morgan fingerprint density at radius 1 is 1.80 bits per heavy atom. The third kappa shape index (κ3) is 4.14. The van der Waals surface area contributed by atoms with E-state index >= 15 is 0 Å². The first kappa shape index (κ1) is 9.23. The van der Waals surface area contributed by atoms with Gasteiger partial charge in [0.1, 0.15) is 6.61 Å². The number of hydrogen-bond acceptors (Lipinski definition) is 4. The number of halogens is 1. The standard InChI is InChI=1S/C5H8ClNO3/c1-2-4(7-9)3-10-5(6)8/h9H,2-3H2,1H3/b7-4-. The molecule has 0 atom stereocenters. The van der Waals surface area contributed by atoms with Gasteiger partial charge in [0.2, 0.25) is 0 Å². The van der Waals surface area contributed by atoms with Crippen molar-refractivity contribution in [1.29, 1.82) is 0 Å². The van der Waals surface area contributed by atoms with Gasteiger partial charge in [0.15, 0.2) is 0 Å². The summed E-state index contributed by atoms with van der Waals surface area (Å²) in [4.78, 5) is 9.99. The van der Waals surface area contributed by atoms with Crippen LogP contribution in [0.4, 0.5) is 4.79 Å². The van der Waals surface area contributed by atoms with E-state index in [-0.39, 0.29) is 6.61 Å². The molecule has 0 amide bonds. The van der Waals surface area contributed by atoms with E-state index in [1.807, 2.05) is 0 Å². The van der Waals surface area contributed by atoms with E-state index < -0.39 is 5.43 Å². The van der Waals surface area contributed by atoms with E-state index in [9.17, 15) is 4.79 Å². The lowest BCUT2D eigenvalue weighted by atomic mass is 10.3. The van der Waals surface area contributed by atoms with Gasteiger partial charge in [-0.25, -0.2) is 4.79 Å². The third-order valence-electron chi connectivity index (χ3n) is 0.902. The topological polar surface area (TPSA) is 58.9 Å². The summed E-state index contributed by atoms with van der Waals surface area (Å²) in [5, 5.41) is 11.1. The summed E-state index contributed by atoms with van der Waals surface area (Å²) in [6.07, 6.45) is 0.528. The van der Waals surface area contributed by atoms with Crippen LogP contribution >= 0.6 is 11.6 Å². The van der Waals surface area contributed by atoms with Gasteiger partial charge in [-0.05, 0) is 6.42 Å². The van der Waals surface area contributed by atoms with Crippen LogP contribution in [-0.2, 0) is 4.74 Å². The molecule has 0 saturated heterocycles. The highest BCUT2D eigenvalue weighted by Gasteiger charge is 2.00. The van der Waals surface area contributed by atoms with E-state index in [1.54, 1.807) is 6.92 Å². The molecule has 4 nitrogen and oxygen atoms in total. The molecule has 0 aliphatic heterocycles. The lowest BCUT2D eigenvalue weighted by Gasteiger charge is -1.98. The van der Waals surface area contributed by atoms with Gasteiger partial charge in [0.25, 0.3) is 0 Å². The van der Waals surface area contributed by atoms with Gasteiger partial charge in [-0.1, -0.05) is 12.1 Å². The third-order valence-corrected chi connectivity index (χ3v) is 1.01. The number of hydrogen-bond donors (Lipinski definition) is 1. The zero-order valence-corrected chi connectivity index (χ0v) is 6.26. The van der Waals surface area contributed by atoms with Gasteiger partial charge in [0.05, 0.1) is 5.71 Å². The van der Waals surface area contributed by atoms with Crippen molar-refractivity contribution in [3.63, 3.8) is 0 Å². The molecular weight excluding hydrogens is 158 g/mol. The average Bonchev–Trinajstić information content (AvgIpc) is 1.90. The quantitative estimate of drug-likeness (QED) is 0.299. The summed E-state index contributed by atoms with van der Waals surface area (Å²) in [6, 6.07) is 0. The molecule has 10 heavy (non-hydrogen) atoms. The van der Waals surface area contributed by atoms with Crippen LogP contribution in [0.5, 0.6) is 0 Å². The summed E-state index contributed by atoms with van der Waals surface area (Å²) >= 11 is 4.84. The minimum absolute atomic E-state index is 0.0463. The van der Waals surface area contributed by atoms with Crippen LogP contribution in [0, 0.1) is 0 Å². The first-order valence-corrected chi connectivity index (χ1v) is 3.10. The molecule has 5 heteroatoms. The maximum atomic E-state index is 9.99. The van der Waals surface area contributed by atoms with Gasteiger partial charge in [-0.3, -0.25) is 0 Å². The maximum absolute atomic E-state index is 9.99. The van der Waals surface area contributed by atoms with Gasteiger partial charge < -0.3 is 9.94 Å². The highest BCUT2D eigenvalue weighted by atomic mass is 35.5. The van der Waals surface area contributed by atoms with Crippen molar-refractivity contribution in [3.8, 4) is 0 Å². The fourth-order valence-corrected chi connectivity index (χ4v) is 0.396. The lowest BCUT2D eigenvalue weighted by Crippen LogP contribution is -2.08. The van der Waals surface area contributed by atoms with Crippen LogP contribution in [0.1, 0.15) is 13.3 Å². The highest BCUT2D eigenvalue weighted by molar-refractivity contribution is 6.61. The Hall–Kier alpha value is -0.770. The smallest absolute Gasteiger partial charge is 0.404 e. The number of rotatable bonds is 3. The van der Waals surface area contributed by atoms with Gasteiger partial charge in [-0.15, -0.1) is 0 Å². The zero-order chi connectivity index (χ0) is 7.98. The first-order valence-electron chi connectivity index (χ1n) is 2.72. The SMILES string of the molecule is CC/C(COC(=O)Cl)=N/O. The molecule has 0 aliphatic rings. The summed E-state index contributed by atoms with van der Waals surface area (Å²) < 4.78 is 4.32. The molecular formula is C5H8ClNO3. The largest absolute Gasteiger partial charge is 0.447 e. The first-order chi connectivity index (χ1) is 4.70. The normalized spacial score (nSPS) is 11.2. The Balaban J connectivity index is 3.56. The minimum Gasteiger partial charge on any atom is -0.447 e. The highest BCUT2D eigenvalue weighted by Crippen LogP contribution is 1.91. The van der Waals surface area contributed by atoms with E-state index in [2.05, 4.69) is 9.89 Å². The molecule has 58 valence electrons. The van der Waals surface area contributed by atoms with Crippen LogP contribution < -0.4 is 0 Å². The van der Waals surface area contributed by atoms with Crippen molar-refractivity contribution in [3.05, 3.63) is 0 Å². The number of carbonyl (C=O) groups excluding carboxylic acids is 1. The molecule has 0 aromatic heterocycles. The second kappa shape index (κ2) is 5.05. The summed E-state index contributed by atoms with van der Waals surface area (Å²) in [5.41, 5.74) is -0.511. The van der Waals surface area contributed by atoms with Crippen molar-refractivity contribution in [2.24, 2.45) is 5.16 Å². The number of ether oxygens (including phenoxy) is 1. The predicted molar refractivity (Wildman–Crippen MR) is 36.7 cm³/mol. The van der Waals surface area contributed by atoms with Crippen LogP contribution in [0.3, 0.4) is 0 Å². The van der Waals surface area contributed by atoms with Gasteiger partial charge in [-0.2, -0.15) is 0 Å². The molecule has 0 saturated carbocycles. The Bertz CT molecular complexity index is 146. The van der Waals surface area contributed by atoms with Crippen molar-refractivity contribution in [2.75, 3.05) is 6.61 Å². The molecule has 0 rings (SSSR count). The molecule has 0 radical (unpaired) electrons. The van der Waals surface area contributed by atoms with E-state index in [0.717, 1.165) is 0 Å². The average molecular weight is 166 g/mol. The van der Waals surface area contributed by atoms with Gasteiger partial charge >= 0.3 is 5.43 Å². The van der Waals surface area contributed by atoms with Gasteiger partial charge in [0, 0.05) is 11.6 Å². The molecule has 0 aromatic rings. The van der Waals surface area contributed by atoms with E-state index in [0.29, 0.717) is 12.1 Å². The molecule has 0 fully saturated rings. The zero-order valence-electron chi connectivity index (χ0n) is 5.50. The number of nitrogens with zero attached hydrogens (tertiary/aromatic N) is 1. The van der Waals surface area contributed by atoms with Crippen molar-refractivity contribution >= 4 is 22.7 Å². The lowest BCUT2D eigenvalue weighted by molar-refractivity contribution is 0.188. The molecule has 1 N–H and O–H groups in total. The monoisotopic (exact) mass is 165 g/mol. The van der Waals surface area contributed by atoms with Crippen LogP contribution in [0.15, 0.2) is 5.16 Å². The molecule has 0 unspecified atom stereocenters. The second-order valence-electron chi connectivity index (χ2n) is 1.55. The van der Waals surface area contributed by atoms with Crippen LogP contribution in [-0.4, -0.2) is 23.0 Å². The van der Waals surface area contributed by atoms with E-state index in [1.165, 1.54) is 0 Å². The van der Waals surface area contributed by atoms with Crippen LogP contribution in [0.2, 0.25) is 0 Å². The Morgan fingerprint density at radius 2 is 2.40 bits per heavy atom. The van der Waals surface area contributed by atoms with Crippen molar-refractivity contribution in [2.45, 2.75) is 13.3 Å². The Morgan fingerprint density at radius 3 is 2.70 bits per heavy atom. The summed E-state index contributed by atoms with van der Waals surface area (Å²) in [5.74, 6) is 0. The molecule has 0 aliphatic carbocycles. The second-order valence-corrected chi connectivity index (χ2v) is 1.85. The maximum Gasteiger partial charge on any atom is 0.404 e. The molecule has 0 spiro atoms. The molecule has 0 bridgehead atoms. The predicted octanol–water partition coefficient (Wildman–Crippen LogP) is 1.60. The van der Waals surface area contributed by atoms with Crippen molar-refractivity contribution in [1.82, 2.24) is 0 Å². The fourth-order valence-electron chi connectivity index (χ4n) is 0.342. The number of carbonyl (C=O) groups is 1. The Labute approximate surface area is 63.4 Å². The number of oxime groups is 1. The fraction of sp³-hybridized carbons (Fsp3) is 0.600. The van der Waals surface area contributed by atoms with Crippen molar-refractivity contribution < 1.29 is 14.7 Å². The van der Waals surface area contributed by atoms with E-state index in [4.69, 9.17) is 16.8 Å².